The van der Waals surface area contributed by atoms with Crippen molar-refractivity contribution < 1.29 is 9.53 Å². The Morgan fingerprint density at radius 1 is 1.27 bits per heavy atom. The van der Waals surface area contributed by atoms with Crippen LogP contribution in [-0.2, 0) is 0 Å². The fourth-order valence-corrected chi connectivity index (χ4v) is 3.55. The Bertz CT molecular complexity index is 998. The van der Waals surface area contributed by atoms with Gasteiger partial charge in [0.15, 0.2) is 11.4 Å². The predicted octanol–water partition coefficient (Wildman–Crippen LogP) is 3.66. The molecule has 0 spiro atoms. The molecule has 7 nitrogen and oxygen atoms in total. The summed E-state index contributed by atoms with van der Waals surface area (Å²) in [6.07, 6.45) is 5.71. The number of rotatable bonds is 8. The summed E-state index contributed by atoms with van der Waals surface area (Å²) >= 11 is 0. The average Bonchev–Trinajstić information content (AvgIpc) is 3.22. The van der Waals surface area contributed by atoms with Crippen molar-refractivity contribution >= 4 is 11.7 Å². The number of carbonyl (C=O) groups is 1. The molecule has 1 aromatic carbocycles. The molecule has 0 aliphatic carbocycles. The maximum absolute atomic E-state index is 12.7. The summed E-state index contributed by atoms with van der Waals surface area (Å²) in [7, 11) is 5.64. The van der Waals surface area contributed by atoms with Crippen molar-refractivity contribution in [3.8, 4) is 16.9 Å². The van der Waals surface area contributed by atoms with Gasteiger partial charge in [0.05, 0.1) is 13.2 Å². The minimum absolute atomic E-state index is 0.0428. The first-order chi connectivity index (χ1) is 14.4. The molecule has 0 saturated carbocycles. The first kappa shape index (κ1) is 21.6. The number of aromatic nitrogens is 2. The molecule has 0 saturated heterocycles. The maximum atomic E-state index is 12.7. The molecule has 1 N–H and O–H groups in total. The Hall–Kier alpha value is -3.06. The van der Waals surface area contributed by atoms with E-state index in [4.69, 9.17) is 4.74 Å². The van der Waals surface area contributed by atoms with E-state index < -0.39 is 0 Å². The van der Waals surface area contributed by atoms with Gasteiger partial charge in [-0.15, -0.1) is 0 Å². The van der Waals surface area contributed by atoms with Crippen LogP contribution in [0.3, 0.4) is 0 Å². The zero-order valence-electron chi connectivity index (χ0n) is 18.4. The highest BCUT2D eigenvalue weighted by molar-refractivity contribution is 5.75. The summed E-state index contributed by atoms with van der Waals surface area (Å²) in [5.74, 6) is 0.728. The highest BCUT2D eigenvalue weighted by Gasteiger charge is 2.20. The van der Waals surface area contributed by atoms with Gasteiger partial charge < -0.3 is 24.3 Å². The van der Waals surface area contributed by atoms with Crippen LogP contribution >= 0.6 is 0 Å². The minimum atomic E-state index is -0.0480. The number of likely N-dealkylation sites (N-methyl/N-ethyl adjacent to an activating group) is 1. The number of amides is 2. The Balaban J connectivity index is 1.84. The van der Waals surface area contributed by atoms with Crippen LogP contribution in [0.2, 0.25) is 0 Å². The van der Waals surface area contributed by atoms with E-state index in [-0.39, 0.29) is 12.1 Å². The summed E-state index contributed by atoms with van der Waals surface area (Å²) < 4.78 is 7.48. The lowest BCUT2D eigenvalue weighted by Crippen LogP contribution is -2.43. The first-order valence-electron chi connectivity index (χ1n) is 10.2. The Morgan fingerprint density at radius 3 is 2.77 bits per heavy atom. The van der Waals surface area contributed by atoms with Gasteiger partial charge in [0, 0.05) is 43.8 Å². The second kappa shape index (κ2) is 9.63. The molecular formula is C23H31N5O2. The van der Waals surface area contributed by atoms with E-state index in [1.807, 2.05) is 54.8 Å². The molecule has 0 fully saturated rings. The van der Waals surface area contributed by atoms with Crippen LogP contribution in [0.1, 0.15) is 25.5 Å². The molecule has 0 aliphatic heterocycles. The number of nitrogens with one attached hydrogen (secondary N) is 1. The average molecular weight is 410 g/mol. The molecule has 7 heteroatoms. The largest absolute Gasteiger partial charge is 0.493 e. The molecule has 0 radical (unpaired) electrons. The topological polar surface area (TPSA) is 62.1 Å². The predicted molar refractivity (Wildman–Crippen MR) is 120 cm³/mol. The van der Waals surface area contributed by atoms with Crippen molar-refractivity contribution in [1.82, 2.24) is 24.5 Å². The summed E-state index contributed by atoms with van der Waals surface area (Å²) in [5.41, 5.74) is 3.97. The van der Waals surface area contributed by atoms with Gasteiger partial charge in [-0.25, -0.2) is 9.78 Å². The Morgan fingerprint density at radius 2 is 2.07 bits per heavy atom. The van der Waals surface area contributed by atoms with Crippen LogP contribution in [0, 0.1) is 0 Å². The second-order valence-corrected chi connectivity index (χ2v) is 7.58. The molecule has 2 heterocycles. The molecule has 1 atom stereocenters. The molecule has 2 aromatic heterocycles. The molecule has 3 rings (SSSR count). The number of hydrogen-bond acceptors (Lipinski definition) is 4. The normalized spacial score (nSPS) is 12.2. The number of nitrogens with zero attached hydrogens (tertiary/aromatic N) is 4. The van der Waals surface area contributed by atoms with Gasteiger partial charge in [0.2, 0.25) is 0 Å². The van der Waals surface area contributed by atoms with Crippen molar-refractivity contribution in [2.24, 2.45) is 0 Å². The van der Waals surface area contributed by atoms with Gasteiger partial charge in [0.25, 0.3) is 0 Å². The molecule has 160 valence electrons. The smallest absolute Gasteiger partial charge is 0.317 e. The van der Waals surface area contributed by atoms with Gasteiger partial charge in [-0.2, -0.15) is 0 Å². The van der Waals surface area contributed by atoms with E-state index in [9.17, 15) is 4.79 Å². The maximum Gasteiger partial charge on any atom is 0.317 e. The van der Waals surface area contributed by atoms with Crippen LogP contribution in [0.25, 0.3) is 16.8 Å². The number of pyridine rings is 1. The fraction of sp³-hybridized carbons (Fsp3) is 0.391. The monoisotopic (exact) mass is 409 g/mol. The van der Waals surface area contributed by atoms with E-state index in [0.29, 0.717) is 13.1 Å². The van der Waals surface area contributed by atoms with Crippen LogP contribution in [-0.4, -0.2) is 66.1 Å². The number of benzene rings is 1. The van der Waals surface area contributed by atoms with Gasteiger partial charge in [0.1, 0.15) is 0 Å². The summed E-state index contributed by atoms with van der Waals surface area (Å²) in [6, 6.07) is 10.2. The number of carbonyl (C=O) groups excluding carboxylic acids is 1. The lowest BCUT2D eigenvalue weighted by atomic mass is 10.00. The fourth-order valence-electron chi connectivity index (χ4n) is 3.55. The van der Waals surface area contributed by atoms with Crippen molar-refractivity contribution in [1.29, 1.82) is 0 Å². The van der Waals surface area contributed by atoms with E-state index in [1.165, 1.54) is 0 Å². The van der Waals surface area contributed by atoms with Gasteiger partial charge in [-0.3, -0.25) is 0 Å². The van der Waals surface area contributed by atoms with E-state index in [2.05, 4.69) is 40.3 Å². The zero-order valence-corrected chi connectivity index (χ0v) is 18.4. The number of urea groups is 1. The molecule has 3 aromatic rings. The quantitative estimate of drug-likeness (QED) is 0.617. The second-order valence-electron chi connectivity index (χ2n) is 7.58. The molecule has 30 heavy (non-hydrogen) atoms. The minimum Gasteiger partial charge on any atom is -0.493 e. The van der Waals surface area contributed by atoms with Crippen molar-refractivity contribution in [2.45, 2.75) is 19.9 Å². The number of ether oxygens (including phenoxy) is 1. The standard InChI is InChI=1S/C23H31N5O2/c1-6-28(23(29)25-10-12-26(3)4)17(2)18-8-7-9-19(14-18)20-15-21(30-5)22-24-11-13-27(22)16-20/h7-9,11,13-17H,6,10,12H2,1-5H3,(H,25,29)/t17-/m1/s1. The zero-order chi connectivity index (χ0) is 21.7. The number of fused-ring (bicyclic) bond motifs is 1. The lowest BCUT2D eigenvalue weighted by Gasteiger charge is -2.29. The van der Waals surface area contributed by atoms with Gasteiger partial charge in [-0.05, 0) is 51.2 Å². The summed E-state index contributed by atoms with van der Waals surface area (Å²) in [4.78, 5) is 20.9. The van der Waals surface area contributed by atoms with Crippen molar-refractivity contribution in [3.05, 3.63) is 54.5 Å². The van der Waals surface area contributed by atoms with Crippen LogP contribution < -0.4 is 10.1 Å². The summed E-state index contributed by atoms with van der Waals surface area (Å²) in [5, 5.41) is 3.01. The van der Waals surface area contributed by atoms with Crippen molar-refractivity contribution in [3.63, 3.8) is 0 Å². The SMILES string of the molecule is CCN(C(=O)NCCN(C)C)[C@H](C)c1cccc(-c2cc(OC)c3nccn3c2)c1. The van der Waals surface area contributed by atoms with E-state index in [0.717, 1.165) is 34.6 Å². The van der Waals surface area contributed by atoms with Crippen LogP contribution in [0.4, 0.5) is 4.79 Å². The third-order valence-electron chi connectivity index (χ3n) is 5.28. The Labute approximate surface area is 178 Å². The van der Waals surface area contributed by atoms with Crippen LogP contribution in [0.15, 0.2) is 48.9 Å². The highest BCUT2D eigenvalue weighted by atomic mass is 16.5. The van der Waals surface area contributed by atoms with Crippen LogP contribution in [0.5, 0.6) is 5.75 Å². The molecular weight excluding hydrogens is 378 g/mol. The van der Waals surface area contributed by atoms with Crippen molar-refractivity contribution in [2.75, 3.05) is 40.8 Å². The number of methoxy groups -OCH3 is 1. The molecule has 0 unspecified atom stereocenters. The van der Waals surface area contributed by atoms with Gasteiger partial charge >= 0.3 is 6.03 Å². The van der Waals surface area contributed by atoms with Gasteiger partial charge in [-0.1, -0.05) is 18.2 Å². The summed E-state index contributed by atoms with van der Waals surface area (Å²) in [6.45, 7) is 6.14. The Kier molecular flexibility index (Phi) is 6.95. The molecule has 2 amide bonds. The first-order valence-corrected chi connectivity index (χ1v) is 10.2. The van der Waals surface area contributed by atoms with E-state index >= 15 is 0 Å². The third-order valence-corrected chi connectivity index (χ3v) is 5.28. The molecule has 0 aliphatic rings. The number of imidazole rings is 1. The molecule has 0 bridgehead atoms. The highest BCUT2D eigenvalue weighted by Crippen LogP contribution is 2.30. The lowest BCUT2D eigenvalue weighted by molar-refractivity contribution is 0.182. The van der Waals surface area contributed by atoms with E-state index in [1.54, 1.807) is 13.3 Å². The number of hydrogen-bond donors (Lipinski definition) is 1. The third kappa shape index (κ3) is 4.74.